The van der Waals surface area contributed by atoms with Crippen molar-refractivity contribution in [2.24, 2.45) is 0 Å². The number of rotatable bonds is 37. The molecule has 0 spiro atoms. The molecule has 0 heterocycles. The molecule has 9 heteroatoms. The summed E-state index contributed by atoms with van der Waals surface area (Å²) in [7, 11) is 1.59. The molecule has 0 saturated carbocycles. The van der Waals surface area contributed by atoms with Crippen molar-refractivity contribution in [3.05, 3.63) is 60.8 Å². The first kappa shape index (κ1) is 51.2. The molecule has 0 radical (unpaired) electrons. The summed E-state index contributed by atoms with van der Waals surface area (Å²) in [6, 6.07) is -0.766. The Bertz CT molecular complexity index is 1050. The number of aliphatic hydroxyl groups is 1. The second kappa shape index (κ2) is 35.9. The van der Waals surface area contributed by atoms with Crippen molar-refractivity contribution in [3.8, 4) is 0 Å². The summed E-state index contributed by atoms with van der Waals surface area (Å²) in [4.78, 5) is 23.0. The zero-order valence-electron chi connectivity index (χ0n) is 34.7. The van der Waals surface area contributed by atoms with Gasteiger partial charge in [-0.25, -0.2) is 4.57 Å². The van der Waals surface area contributed by atoms with E-state index >= 15 is 0 Å². The van der Waals surface area contributed by atoms with Crippen LogP contribution >= 0.6 is 7.82 Å². The second-order valence-corrected chi connectivity index (χ2v) is 16.8. The van der Waals surface area contributed by atoms with Gasteiger partial charge in [-0.15, -0.1) is 0 Å². The highest BCUT2D eigenvalue weighted by Crippen LogP contribution is 2.43. The highest BCUT2D eigenvalue weighted by atomic mass is 31.2. The number of carbonyl (C=O) groups excluding carboxylic acids is 1. The van der Waals surface area contributed by atoms with Crippen LogP contribution in [0.2, 0.25) is 0 Å². The lowest BCUT2D eigenvalue weighted by atomic mass is 10.0. The minimum atomic E-state index is -4.31. The molecule has 3 atom stereocenters. The summed E-state index contributed by atoms with van der Waals surface area (Å²) in [5, 5.41) is 13.8. The Labute approximate surface area is 326 Å². The van der Waals surface area contributed by atoms with Crippen LogP contribution in [0.1, 0.15) is 162 Å². The molecule has 0 rings (SSSR count). The SMILES string of the molecule is CC/C=C\C/C=C\C/C=C\C/C=C\C/C=C\CCCCCCCCCC(=O)NC(COP(=O)(O)OCC[N+](C)(C)C)C(O)CCCCCCCCCC. The molecule has 1 amide bonds. The van der Waals surface area contributed by atoms with E-state index in [2.05, 4.69) is 79.9 Å². The van der Waals surface area contributed by atoms with Crippen molar-refractivity contribution >= 4 is 13.7 Å². The smallest absolute Gasteiger partial charge is 0.391 e. The number of carbonyl (C=O) groups is 1. The molecule has 0 aromatic rings. The van der Waals surface area contributed by atoms with Gasteiger partial charge in [-0.3, -0.25) is 13.8 Å². The fourth-order valence-corrected chi connectivity index (χ4v) is 6.39. The summed E-state index contributed by atoms with van der Waals surface area (Å²) in [5.74, 6) is -0.163. The number of nitrogens with one attached hydrogen (secondary N) is 1. The first-order chi connectivity index (χ1) is 25.5. The van der Waals surface area contributed by atoms with Crippen LogP contribution in [0.25, 0.3) is 0 Å². The number of phosphoric acid groups is 1. The zero-order chi connectivity index (χ0) is 39.3. The largest absolute Gasteiger partial charge is 0.472 e. The lowest BCUT2D eigenvalue weighted by Gasteiger charge is -2.26. The van der Waals surface area contributed by atoms with Crippen LogP contribution in [0.3, 0.4) is 0 Å². The molecule has 0 fully saturated rings. The standard InChI is InChI=1S/C44H81N2O6P/c1-6-8-10-12-14-16-17-18-19-20-21-22-23-24-25-26-27-28-29-30-32-34-36-38-44(48)45-42(41-52-53(49,50)51-40-39-46(3,4)5)43(47)37-35-33-31-15-13-11-9-7-2/h8,10,14,16,18-19,21-22,24-25,42-43,47H,6-7,9,11-13,15,17,20,23,26-41H2,1-5H3,(H-,45,48,49,50)/p+1/b10-8-,16-14-,19-18-,22-21-,25-24-. The number of phosphoric ester groups is 1. The van der Waals surface area contributed by atoms with Crippen LogP contribution < -0.4 is 5.32 Å². The number of hydrogen-bond acceptors (Lipinski definition) is 5. The topological polar surface area (TPSA) is 105 Å². The van der Waals surface area contributed by atoms with E-state index in [-0.39, 0.29) is 19.1 Å². The molecule has 0 aromatic heterocycles. The summed E-state index contributed by atoms with van der Waals surface area (Å²) < 4.78 is 23.5. The van der Waals surface area contributed by atoms with Crippen LogP contribution in [-0.4, -0.2) is 73.4 Å². The Kier molecular flexibility index (Phi) is 34.7. The molecule has 308 valence electrons. The average Bonchev–Trinajstić information content (AvgIpc) is 3.10. The lowest BCUT2D eigenvalue weighted by Crippen LogP contribution is -2.46. The van der Waals surface area contributed by atoms with E-state index in [1.165, 1.54) is 57.8 Å². The Balaban J connectivity index is 4.27. The van der Waals surface area contributed by atoms with Crippen molar-refractivity contribution in [2.45, 2.75) is 174 Å². The Morgan fingerprint density at radius 3 is 1.66 bits per heavy atom. The fourth-order valence-electron chi connectivity index (χ4n) is 5.66. The van der Waals surface area contributed by atoms with Gasteiger partial charge in [0.2, 0.25) is 5.91 Å². The third kappa shape index (κ3) is 38.3. The van der Waals surface area contributed by atoms with Gasteiger partial charge in [0.05, 0.1) is 39.9 Å². The predicted molar refractivity (Wildman–Crippen MR) is 226 cm³/mol. The molecule has 53 heavy (non-hydrogen) atoms. The third-order valence-electron chi connectivity index (χ3n) is 9.03. The minimum absolute atomic E-state index is 0.0689. The van der Waals surface area contributed by atoms with Gasteiger partial charge in [0, 0.05) is 6.42 Å². The highest BCUT2D eigenvalue weighted by Gasteiger charge is 2.28. The molecule has 0 saturated heterocycles. The maximum Gasteiger partial charge on any atom is 0.472 e. The number of likely N-dealkylation sites (N-methyl/N-ethyl adjacent to an activating group) is 1. The van der Waals surface area contributed by atoms with Crippen molar-refractivity contribution in [3.63, 3.8) is 0 Å². The maximum atomic E-state index is 12.8. The summed E-state index contributed by atoms with van der Waals surface area (Å²) >= 11 is 0. The van der Waals surface area contributed by atoms with E-state index in [1.807, 2.05) is 21.1 Å². The van der Waals surface area contributed by atoms with Gasteiger partial charge in [-0.05, 0) is 57.8 Å². The Morgan fingerprint density at radius 2 is 1.13 bits per heavy atom. The van der Waals surface area contributed by atoms with Crippen molar-refractivity contribution in [1.82, 2.24) is 5.32 Å². The van der Waals surface area contributed by atoms with Crippen LogP contribution in [0.4, 0.5) is 0 Å². The number of unbranched alkanes of at least 4 members (excludes halogenated alkanes) is 14. The Morgan fingerprint density at radius 1 is 0.660 bits per heavy atom. The quantitative estimate of drug-likeness (QED) is 0.0252. The average molecular weight is 766 g/mol. The monoisotopic (exact) mass is 766 g/mol. The molecule has 0 aliphatic heterocycles. The van der Waals surface area contributed by atoms with E-state index in [0.29, 0.717) is 23.9 Å². The van der Waals surface area contributed by atoms with E-state index in [9.17, 15) is 19.4 Å². The van der Waals surface area contributed by atoms with Crippen LogP contribution in [0.5, 0.6) is 0 Å². The van der Waals surface area contributed by atoms with Gasteiger partial charge in [-0.2, -0.15) is 0 Å². The predicted octanol–water partition coefficient (Wildman–Crippen LogP) is 11.5. The first-order valence-corrected chi connectivity index (χ1v) is 22.6. The molecule has 0 bridgehead atoms. The van der Waals surface area contributed by atoms with Crippen molar-refractivity contribution in [1.29, 1.82) is 0 Å². The number of quaternary nitrogens is 1. The minimum Gasteiger partial charge on any atom is -0.391 e. The van der Waals surface area contributed by atoms with Crippen molar-refractivity contribution < 1.29 is 32.9 Å². The summed E-state index contributed by atoms with van der Waals surface area (Å²) in [6.07, 6.45) is 45.4. The number of nitrogens with zero attached hydrogens (tertiary/aromatic N) is 1. The van der Waals surface area contributed by atoms with E-state index < -0.39 is 20.0 Å². The van der Waals surface area contributed by atoms with E-state index in [4.69, 9.17) is 9.05 Å². The molecular formula is C44H82N2O6P+. The normalized spacial score (nSPS) is 15.1. The molecule has 0 aliphatic carbocycles. The zero-order valence-corrected chi connectivity index (χ0v) is 35.6. The molecule has 0 aromatic carbocycles. The van der Waals surface area contributed by atoms with Crippen molar-refractivity contribution in [2.75, 3.05) is 40.9 Å². The number of hydrogen-bond donors (Lipinski definition) is 3. The van der Waals surface area contributed by atoms with Gasteiger partial charge in [0.1, 0.15) is 13.2 Å². The Hall–Kier alpha value is -1.80. The number of aliphatic hydroxyl groups excluding tert-OH is 1. The molecule has 3 N–H and O–H groups in total. The highest BCUT2D eigenvalue weighted by molar-refractivity contribution is 7.47. The van der Waals surface area contributed by atoms with Crippen LogP contribution in [0.15, 0.2) is 60.8 Å². The molecule has 8 nitrogen and oxygen atoms in total. The van der Waals surface area contributed by atoms with Gasteiger partial charge in [0.15, 0.2) is 0 Å². The van der Waals surface area contributed by atoms with E-state index in [0.717, 1.165) is 77.0 Å². The van der Waals surface area contributed by atoms with Gasteiger partial charge < -0.3 is 19.8 Å². The first-order valence-electron chi connectivity index (χ1n) is 21.2. The molecule has 0 aliphatic rings. The maximum absolute atomic E-state index is 12.8. The summed E-state index contributed by atoms with van der Waals surface area (Å²) in [6.45, 7) is 4.70. The van der Waals surface area contributed by atoms with Crippen LogP contribution in [-0.2, 0) is 18.4 Å². The lowest BCUT2D eigenvalue weighted by molar-refractivity contribution is -0.870. The second-order valence-electron chi connectivity index (χ2n) is 15.3. The van der Waals surface area contributed by atoms with E-state index in [1.54, 1.807) is 0 Å². The van der Waals surface area contributed by atoms with Gasteiger partial charge in [0.25, 0.3) is 0 Å². The third-order valence-corrected chi connectivity index (χ3v) is 10.0. The number of amides is 1. The molecular weight excluding hydrogens is 683 g/mol. The van der Waals surface area contributed by atoms with Gasteiger partial charge in [-0.1, -0.05) is 158 Å². The molecule has 3 unspecified atom stereocenters. The summed E-state index contributed by atoms with van der Waals surface area (Å²) in [5.41, 5.74) is 0. The van der Waals surface area contributed by atoms with Crippen LogP contribution in [0, 0.1) is 0 Å². The fraction of sp³-hybridized carbons (Fsp3) is 0.750. The number of allylic oxidation sites excluding steroid dienone is 10. The van der Waals surface area contributed by atoms with Gasteiger partial charge >= 0.3 is 7.82 Å².